The molecular formula is C11H15N3OS. The molecule has 2 N–H and O–H groups in total. The molecule has 0 aliphatic carbocycles. The average molecular weight is 237 g/mol. The topological polar surface area (TPSA) is 64.9 Å². The molecule has 2 heterocycles. The van der Waals surface area contributed by atoms with Gasteiger partial charge < -0.3 is 10.3 Å². The highest BCUT2D eigenvalue weighted by atomic mass is 32.1. The van der Waals surface area contributed by atoms with Crippen LogP contribution in [0.15, 0.2) is 22.0 Å². The van der Waals surface area contributed by atoms with E-state index in [2.05, 4.69) is 16.2 Å². The zero-order chi connectivity index (χ0) is 11.6. The van der Waals surface area contributed by atoms with Gasteiger partial charge in [0.05, 0.1) is 5.54 Å². The smallest absolute Gasteiger partial charge is 0.246 e. The summed E-state index contributed by atoms with van der Waals surface area (Å²) in [5.41, 5.74) is 5.50. The number of aromatic nitrogens is 2. The Morgan fingerprint density at radius 3 is 3.00 bits per heavy atom. The molecule has 16 heavy (non-hydrogen) atoms. The summed E-state index contributed by atoms with van der Waals surface area (Å²) in [6, 6.07) is 4.07. The zero-order valence-electron chi connectivity index (χ0n) is 9.43. The first-order valence-corrected chi connectivity index (χ1v) is 6.14. The van der Waals surface area contributed by atoms with E-state index in [0.29, 0.717) is 18.1 Å². The van der Waals surface area contributed by atoms with Crippen LogP contribution in [0.5, 0.6) is 0 Å². The van der Waals surface area contributed by atoms with Crippen LogP contribution in [0.3, 0.4) is 0 Å². The van der Waals surface area contributed by atoms with E-state index in [-0.39, 0.29) is 0 Å². The number of thiophene rings is 1. The van der Waals surface area contributed by atoms with Crippen molar-refractivity contribution in [3.63, 3.8) is 0 Å². The second-order valence-corrected chi connectivity index (χ2v) is 5.08. The predicted octanol–water partition coefficient (Wildman–Crippen LogP) is 2.31. The molecule has 0 aromatic carbocycles. The van der Waals surface area contributed by atoms with Crippen molar-refractivity contribution in [2.45, 2.75) is 32.2 Å². The van der Waals surface area contributed by atoms with E-state index in [1.165, 1.54) is 4.88 Å². The number of hydrogen-bond acceptors (Lipinski definition) is 5. The molecule has 0 amide bonds. The summed E-state index contributed by atoms with van der Waals surface area (Å²) in [5.74, 6) is 1.21. The molecule has 2 aromatic rings. The van der Waals surface area contributed by atoms with Gasteiger partial charge in [-0.05, 0) is 24.8 Å². The van der Waals surface area contributed by atoms with Gasteiger partial charge in [-0.15, -0.1) is 11.3 Å². The Balaban J connectivity index is 2.14. The third-order valence-electron chi connectivity index (χ3n) is 2.60. The summed E-state index contributed by atoms with van der Waals surface area (Å²) < 4.78 is 5.19. The van der Waals surface area contributed by atoms with Crippen molar-refractivity contribution < 1.29 is 4.52 Å². The van der Waals surface area contributed by atoms with Gasteiger partial charge in [0.25, 0.3) is 0 Å². The molecule has 0 radical (unpaired) electrons. The van der Waals surface area contributed by atoms with E-state index < -0.39 is 5.54 Å². The van der Waals surface area contributed by atoms with Crippen molar-refractivity contribution in [3.05, 3.63) is 34.1 Å². The van der Waals surface area contributed by atoms with Crippen LogP contribution in [0.4, 0.5) is 0 Å². The standard InChI is InChI=1S/C11H15N3OS/c1-3-11(2,12)10-13-9(14-15-10)7-8-5-4-6-16-8/h4-6H,3,7,12H2,1-2H3. The van der Waals surface area contributed by atoms with Crippen LogP contribution in [0.1, 0.15) is 36.9 Å². The summed E-state index contributed by atoms with van der Waals surface area (Å²) in [6.07, 6.45) is 1.48. The van der Waals surface area contributed by atoms with Gasteiger partial charge in [0.2, 0.25) is 5.89 Å². The maximum absolute atomic E-state index is 6.03. The molecule has 0 saturated heterocycles. The fourth-order valence-electron chi connectivity index (χ4n) is 1.28. The molecule has 0 bridgehead atoms. The van der Waals surface area contributed by atoms with Crippen LogP contribution in [0.25, 0.3) is 0 Å². The summed E-state index contributed by atoms with van der Waals surface area (Å²) in [4.78, 5) is 5.56. The summed E-state index contributed by atoms with van der Waals surface area (Å²) >= 11 is 1.69. The average Bonchev–Trinajstić information content (AvgIpc) is 2.89. The quantitative estimate of drug-likeness (QED) is 0.886. The first-order valence-electron chi connectivity index (χ1n) is 5.26. The molecule has 5 heteroatoms. The van der Waals surface area contributed by atoms with Crippen LogP contribution >= 0.6 is 11.3 Å². The Morgan fingerprint density at radius 2 is 2.38 bits per heavy atom. The molecule has 0 fully saturated rings. The van der Waals surface area contributed by atoms with E-state index in [1.54, 1.807) is 11.3 Å². The molecule has 0 aliphatic rings. The number of nitrogens with two attached hydrogens (primary N) is 1. The SMILES string of the molecule is CCC(C)(N)c1nc(Cc2cccs2)no1. The molecule has 2 rings (SSSR count). The van der Waals surface area contributed by atoms with Crippen LogP contribution in [0.2, 0.25) is 0 Å². The van der Waals surface area contributed by atoms with E-state index in [0.717, 1.165) is 6.42 Å². The minimum absolute atomic E-state index is 0.515. The Bertz CT molecular complexity index is 448. The molecule has 4 nitrogen and oxygen atoms in total. The van der Waals surface area contributed by atoms with E-state index in [9.17, 15) is 0 Å². The van der Waals surface area contributed by atoms with Crippen molar-refractivity contribution >= 4 is 11.3 Å². The Labute approximate surface area is 98.5 Å². The van der Waals surface area contributed by atoms with Gasteiger partial charge in [-0.3, -0.25) is 0 Å². The van der Waals surface area contributed by atoms with Gasteiger partial charge in [-0.2, -0.15) is 4.98 Å². The van der Waals surface area contributed by atoms with Gasteiger partial charge in [0.1, 0.15) is 0 Å². The second kappa shape index (κ2) is 4.35. The molecule has 86 valence electrons. The lowest BCUT2D eigenvalue weighted by molar-refractivity contribution is 0.290. The van der Waals surface area contributed by atoms with Crippen molar-refractivity contribution in [2.75, 3.05) is 0 Å². The predicted molar refractivity (Wildman–Crippen MR) is 63.3 cm³/mol. The van der Waals surface area contributed by atoms with Gasteiger partial charge >= 0.3 is 0 Å². The maximum atomic E-state index is 6.03. The number of rotatable bonds is 4. The summed E-state index contributed by atoms with van der Waals surface area (Å²) in [6.45, 7) is 3.90. The lowest BCUT2D eigenvalue weighted by Gasteiger charge is -2.16. The fourth-order valence-corrected chi connectivity index (χ4v) is 1.98. The molecular weight excluding hydrogens is 222 g/mol. The van der Waals surface area contributed by atoms with Crippen molar-refractivity contribution in [2.24, 2.45) is 5.73 Å². The molecule has 0 spiro atoms. The highest BCUT2D eigenvalue weighted by Crippen LogP contribution is 2.20. The molecule has 2 aromatic heterocycles. The number of hydrogen-bond donors (Lipinski definition) is 1. The van der Waals surface area contributed by atoms with Crippen molar-refractivity contribution in [1.82, 2.24) is 10.1 Å². The molecule has 1 atom stereocenters. The Hall–Kier alpha value is -1.20. The maximum Gasteiger partial charge on any atom is 0.246 e. The van der Waals surface area contributed by atoms with Crippen molar-refractivity contribution in [3.8, 4) is 0 Å². The van der Waals surface area contributed by atoms with Crippen LogP contribution in [0, 0.1) is 0 Å². The third kappa shape index (κ3) is 2.31. The van der Waals surface area contributed by atoms with Crippen LogP contribution < -0.4 is 5.73 Å². The lowest BCUT2D eigenvalue weighted by Crippen LogP contribution is -2.32. The normalized spacial score (nSPS) is 14.9. The first kappa shape index (κ1) is 11.3. The number of nitrogens with zero attached hydrogens (tertiary/aromatic N) is 2. The van der Waals surface area contributed by atoms with E-state index in [4.69, 9.17) is 10.3 Å². The second-order valence-electron chi connectivity index (χ2n) is 4.04. The van der Waals surface area contributed by atoms with Gasteiger partial charge in [0.15, 0.2) is 5.82 Å². The molecule has 1 unspecified atom stereocenters. The van der Waals surface area contributed by atoms with E-state index >= 15 is 0 Å². The minimum Gasteiger partial charge on any atom is -0.337 e. The summed E-state index contributed by atoms with van der Waals surface area (Å²) in [5, 5.41) is 5.98. The van der Waals surface area contributed by atoms with Crippen molar-refractivity contribution in [1.29, 1.82) is 0 Å². The monoisotopic (exact) mass is 237 g/mol. The highest BCUT2D eigenvalue weighted by molar-refractivity contribution is 7.09. The highest BCUT2D eigenvalue weighted by Gasteiger charge is 2.26. The van der Waals surface area contributed by atoms with Gasteiger partial charge in [-0.1, -0.05) is 18.1 Å². The first-order chi connectivity index (χ1) is 7.62. The van der Waals surface area contributed by atoms with Crippen LogP contribution in [-0.2, 0) is 12.0 Å². The van der Waals surface area contributed by atoms with Crippen LogP contribution in [-0.4, -0.2) is 10.1 Å². The zero-order valence-corrected chi connectivity index (χ0v) is 10.3. The van der Waals surface area contributed by atoms with Gasteiger partial charge in [-0.25, -0.2) is 0 Å². The Morgan fingerprint density at radius 1 is 1.56 bits per heavy atom. The van der Waals surface area contributed by atoms with E-state index in [1.807, 2.05) is 25.3 Å². The minimum atomic E-state index is -0.527. The molecule has 0 aliphatic heterocycles. The fraction of sp³-hybridized carbons (Fsp3) is 0.455. The molecule has 0 saturated carbocycles. The largest absolute Gasteiger partial charge is 0.337 e. The Kier molecular flexibility index (Phi) is 3.07. The lowest BCUT2D eigenvalue weighted by atomic mass is 10.0. The van der Waals surface area contributed by atoms with Gasteiger partial charge in [0, 0.05) is 11.3 Å². The summed E-state index contributed by atoms with van der Waals surface area (Å²) in [7, 11) is 0. The third-order valence-corrected chi connectivity index (χ3v) is 3.48.